The third kappa shape index (κ3) is 15.5. The predicted octanol–water partition coefficient (Wildman–Crippen LogP) is -13.2. The molecule has 3 N–H and O–H groups in total. The van der Waals surface area contributed by atoms with E-state index in [4.69, 9.17) is 0 Å². The molecule has 314 valence electrons. The van der Waals surface area contributed by atoms with Gasteiger partial charge in [0.2, 0.25) is 11.8 Å². The number of hydrogen-bond donors (Lipinski definition) is 3. The second-order valence-electron chi connectivity index (χ2n) is 11.5. The van der Waals surface area contributed by atoms with Crippen LogP contribution in [0.4, 0.5) is 5.69 Å². The summed E-state index contributed by atoms with van der Waals surface area (Å²) < 4.78 is 82.1. The van der Waals surface area contributed by atoms with E-state index in [0.29, 0.717) is 40.2 Å². The number of likely N-dealkylation sites (tertiary alicyclic amines) is 1. The third-order valence-corrected chi connectivity index (χ3v) is 11.0. The SMILES string of the molecule is CNC(=O)C1=NN(c2cc(SOO[O-])ccc2S(=O)(=O)[O-])C(=O)\C1=C/C=C(\C=C\c1c(C(=O)NC)nn(-c2cc(SOO[O-])ccc2S(=O)(=O)[O-])c1O)N1CCCC1=O.[K+].[K+].[K+].[K+]. The van der Waals surface area contributed by atoms with Crippen LogP contribution < -0.4 is 232 Å². The zero-order valence-electron chi connectivity index (χ0n) is 33.7. The predicted molar refractivity (Wildman–Crippen MR) is 192 cm³/mol. The molecular weight excluding hydrogens is 1030 g/mol. The van der Waals surface area contributed by atoms with Crippen LogP contribution in [0.25, 0.3) is 11.8 Å². The van der Waals surface area contributed by atoms with Crippen molar-refractivity contribution >= 4 is 85.4 Å². The normalized spacial score (nSPS) is 14.8. The van der Waals surface area contributed by atoms with Crippen LogP contribution in [0.15, 0.2) is 90.6 Å². The molecule has 1 saturated heterocycles. The van der Waals surface area contributed by atoms with Crippen LogP contribution in [0.1, 0.15) is 28.9 Å². The summed E-state index contributed by atoms with van der Waals surface area (Å²) in [6.45, 7) is 0.122. The second-order valence-corrected chi connectivity index (χ2v) is 15.7. The Morgan fingerprint density at radius 1 is 0.857 bits per heavy atom. The van der Waals surface area contributed by atoms with Gasteiger partial charge in [0, 0.05) is 42.5 Å². The van der Waals surface area contributed by atoms with Gasteiger partial charge in [-0.2, -0.15) is 28.6 Å². The van der Waals surface area contributed by atoms with Gasteiger partial charge in [0.1, 0.15) is 20.2 Å². The number of nitrogens with one attached hydrogen (secondary N) is 2. The van der Waals surface area contributed by atoms with Crippen molar-refractivity contribution in [1.29, 1.82) is 0 Å². The number of aromatic hydroxyl groups is 1. The Morgan fingerprint density at radius 3 is 1.89 bits per heavy atom. The fourth-order valence-electron chi connectivity index (χ4n) is 5.50. The molecule has 3 heterocycles. The minimum atomic E-state index is -5.28. The molecule has 3 aromatic rings. The van der Waals surface area contributed by atoms with Gasteiger partial charge < -0.3 is 40.3 Å². The molecule has 0 bridgehead atoms. The van der Waals surface area contributed by atoms with Gasteiger partial charge in [-0.05, 0) is 67.1 Å². The molecule has 0 unspecified atom stereocenters. The van der Waals surface area contributed by atoms with Crippen molar-refractivity contribution < 1.29 is 285 Å². The summed E-state index contributed by atoms with van der Waals surface area (Å²) in [5, 5.41) is 51.7. The minimum Gasteiger partial charge on any atom is -0.744 e. The minimum absolute atomic E-state index is 0. The molecule has 0 atom stereocenters. The number of rotatable bonds is 16. The van der Waals surface area contributed by atoms with E-state index in [9.17, 15) is 60.7 Å². The van der Waals surface area contributed by atoms with Gasteiger partial charge in [-0.15, -0.1) is 0 Å². The summed E-state index contributed by atoms with van der Waals surface area (Å²) in [5.41, 5.74) is -3.20. The molecular formula is C31H25K4N7O17S4. The first-order valence-electron chi connectivity index (χ1n) is 16.0. The van der Waals surface area contributed by atoms with E-state index in [1.807, 2.05) is 0 Å². The van der Waals surface area contributed by atoms with E-state index in [0.717, 1.165) is 48.6 Å². The second kappa shape index (κ2) is 28.0. The molecule has 1 fully saturated rings. The number of amides is 4. The van der Waals surface area contributed by atoms with Gasteiger partial charge in [0.05, 0.1) is 56.4 Å². The first-order valence-corrected chi connectivity index (χ1v) is 20.3. The van der Waals surface area contributed by atoms with Gasteiger partial charge >= 0.3 is 206 Å². The maximum atomic E-state index is 13.9. The summed E-state index contributed by atoms with van der Waals surface area (Å²) in [6.07, 6.45) is 4.96. The Balaban J connectivity index is 0.00000496. The van der Waals surface area contributed by atoms with Crippen molar-refractivity contribution in [3.05, 3.63) is 77.2 Å². The van der Waals surface area contributed by atoms with Crippen molar-refractivity contribution in [1.82, 2.24) is 25.3 Å². The zero-order chi connectivity index (χ0) is 43.2. The van der Waals surface area contributed by atoms with Gasteiger partial charge in [0.25, 0.3) is 17.7 Å². The van der Waals surface area contributed by atoms with E-state index in [1.54, 1.807) is 0 Å². The van der Waals surface area contributed by atoms with Crippen LogP contribution in [0.5, 0.6) is 5.88 Å². The molecule has 1 aromatic heterocycles. The third-order valence-electron chi connectivity index (χ3n) is 8.06. The number of allylic oxidation sites excluding steroid dienone is 3. The topological polar surface area (TPSA) is 347 Å². The Bertz CT molecular complexity index is 2580. The molecule has 4 amide bonds. The summed E-state index contributed by atoms with van der Waals surface area (Å²) in [5.74, 6) is -4.32. The molecule has 0 saturated carbocycles. The van der Waals surface area contributed by atoms with Crippen molar-refractivity contribution in [3.63, 3.8) is 0 Å². The van der Waals surface area contributed by atoms with E-state index in [-0.39, 0.29) is 240 Å². The molecule has 0 spiro atoms. The average molecular weight is 1050 g/mol. The molecule has 24 nitrogen and oxygen atoms in total. The number of hydrogen-bond acceptors (Lipinski definition) is 21. The molecule has 5 rings (SSSR count). The number of aromatic nitrogens is 2. The quantitative estimate of drug-likeness (QED) is 0.0228. The number of nitrogens with zero attached hydrogens (tertiary/aromatic N) is 5. The van der Waals surface area contributed by atoms with E-state index in [2.05, 4.69) is 39.6 Å². The molecule has 63 heavy (non-hydrogen) atoms. The maximum absolute atomic E-state index is 13.9. The largest absolute Gasteiger partial charge is 1.00 e. The molecule has 0 aliphatic carbocycles. The van der Waals surface area contributed by atoms with Crippen LogP contribution in [-0.4, -0.2) is 95.7 Å². The van der Waals surface area contributed by atoms with Crippen molar-refractivity contribution in [3.8, 4) is 11.6 Å². The number of anilines is 1. The van der Waals surface area contributed by atoms with Crippen molar-refractivity contribution in [2.75, 3.05) is 25.6 Å². The first kappa shape index (κ1) is 62.1. The summed E-state index contributed by atoms with van der Waals surface area (Å²) in [6, 6.07) is 5.70. The summed E-state index contributed by atoms with van der Waals surface area (Å²) >= 11 is 0.600. The molecule has 2 aliphatic rings. The molecule has 2 aromatic carbocycles. The van der Waals surface area contributed by atoms with Crippen LogP contribution in [-0.2, 0) is 53.4 Å². The monoisotopic (exact) mass is 1050 g/mol. The first-order chi connectivity index (χ1) is 27.9. The Labute approximate surface area is 536 Å². The van der Waals surface area contributed by atoms with Crippen LogP contribution >= 0.6 is 24.1 Å². The number of hydrazone groups is 1. The number of carbonyl (C=O) groups excluding carboxylic acids is 4. The molecule has 32 heteroatoms. The smallest absolute Gasteiger partial charge is 0.744 e. The summed E-state index contributed by atoms with van der Waals surface area (Å²) in [7, 11) is -8.13. The van der Waals surface area contributed by atoms with Crippen LogP contribution in [0, 0.1) is 0 Å². The Hall–Kier alpha value is 1.05. The number of benzene rings is 2. The van der Waals surface area contributed by atoms with Gasteiger partial charge in [-0.1, -0.05) is 0 Å². The Kier molecular flexibility index (Phi) is 27.6. The summed E-state index contributed by atoms with van der Waals surface area (Å²) in [4.78, 5) is 52.2. The van der Waals surface area contributed by atoms with Crippen LogP contribution in [0.3, 0.4) is 0 Å². The van der Waals surface area contributed by atoms with Crippen molar-refractivity contribution in [2.24, 2.45) is 5.10 Å². The fourth-order valence-corrected chi connectivity index (χ4v) is 7.55. The van der Waals surface area contributed by atoms with E-state index >= 15 is 0 Å². The van der Waals surface area contributed by atoms with Gasteiger partial charge in [-0.25, -0.2) is 16.8 Å². The van der Waals surface area contributed by atoms with Gasteiger partial charge in [-0.3, -0.25) is 29.3 Å². The fraction of sp³-hybridized carbons (Fsp3) is 0.161. The van der Waals surface area contributed by atoms with Crippen LogP contribution in [0.2, 0.25) is 0 Å². The standard InChI is InChI=1S/C31H29N7O17S4.4K/c1-32-28(40)26-19(30(42)37(34-26)21-14-17(56-54-52-44)7-11-23(21)58(46,47)48)9-5-16(36-13-3-4-25(36)39)6-10-20-27(29(41)33-2)35-38(31(20)43)22-15-18(57-55-53-45)8-12-24(22)59(49,50)51;;;;/h5-12,14-15,42,44-45H,3-4,13H2,1-2H3,(H,32,40)(H,33,41)(H,46,47,48)(H,49,50,51);;;;/q;4*+1/p-4/b9-5+,16-6+,20-10-;;;;. The molecule has 2 aliphatic heterocycles. The number of carbonyl (C=O) groups is 4. The molecule has 0 radical (unpaired) electrons. The van der Waals surface area contributed by atoms with Crippen molar-refractivity contribution in [2.45, 2.75) is 32.4 Å². The zero-order valence-corrected chi connectivity index (χ0v) is 49.5. The Morgan fingerprint density at radius 2 is 1.40 bits per heavy atom. The van der Waals surface area contributed by atoms with Gasteiger partial charge in [0.15, 0.2) is 11.4 Å². The van der Waals surface area contributed by atoms with E-state index < -0.39 is 87.9 Å². The average Bonchev–Trinajstić information content (AvgIpc) is 3.88. The maximum Gasteiger partial charge on any atom is 1.00 e. The van der Waals surface area contributed by atoms with E-state index in [1.165, 1.54) is 31.1 Å².